The molecule has 0 bridgehead atoms. The molecule has 0 aliphatic carbocycles. The fraction of sp³-hybridized carbons (Fsp3) is 0.700. The van der Waals surface area contributed by atoms with Crippen LogP contribution in [0.5, 0.6) is 0 Å². The van der Waals surface area contributed by atoms with Crippen molar-refractivity contribution < 1.29 is 9.90 Å². The number of carbonyl (C=O) groups is 1. The molecule has 0 saturated heterocycles. The molecule has 2 nitrogen and oxygen atoms in total. The lowest BCUT2D eigenvalue weighted by Crippen LogP contribution is -2.32. The molecular weight excluding hydrogens is 152 g/mol. The van der Waals surface area contributed by atoms with Crippen molar-refractivity contribution in [1.82, 2.24) is 0 Å². The maximum absolute atomic E-state index is 10.9. The molecule has 2 heteroatoms. The number of carboxylic acid groups (broad SMARTS) is 1. The third kappa shape index (κ3) is 2.27. The van der Waals surface area contributed by atoms with Gasteiger partial charge in [0.25, 0.3) is 0 Å². The minimum atomic E-state index is -0.757. The number of terminal acetylenes is 1. The predicted molar refractivity (Wildman–Crippen MR) is 48.6 cm³/mol. The fourth-order valence-corrected chi connectivity index (χ4v) is 0.974. The zero-order valence-electron chi connectivity index (χ0n) is 7.92. The van der Waals surface area contributed by atoms with Crippen LogP contribution in [-0.4, -0.2) is 11.1 Å². The summed E-state index contributed by atoms with van der Waals surface area (Å²) < 4.78 is 0. The summed E-state index contributed by atoms with van der Waals surface area (Å²) in [5, 5.41) is 8.96. The van der Waals surface area contributed by atoms with Crippen LogP contribution in [0.15, 0.2) is 0 Å². The van der Waals surface area contributed by atoms with Gasteiger partial charge in [-0.3, -0.25) is 4.79 Å². The summed E-state index contributed by atoms with van der Waals surface area (Å²) in [5.41, 5.74) is -0.674. The van der Waals surface area contributed by atoms with Crippen molar-refractivity contribution in [1.29, 1.82) is 0 Å². The van der Waals surface area contributed by atoms with Crippen LogP contribution < -0.4 is 0 Å². The number of carboxylic acids is 1. The Bertz CT molecular complexity index is 200. The Balaban J connectivity index is 4.42. The number of rotatable bonds is 4. The largest absolute Gasteiger partial charge is 0.481 e. The van der Waals surface area contributed by atoms with Gasteiger partial charge in [0, 0.05) is 6.42 Å². The van der Waals surface area contributed by atoms with Gasteiger partial charge in [0.2, 0.25) is 0 Å². The molecule has 1 atom stereocenters. The van der Waals surface area contributed by atoms with Crippen LogP contribution in [0.3, 0.4) is 0 Å². The Morgan fingerprint density at radius 3 is 2.42 bits per heavy atom. The van der Waals surface area contributed by atoms with E-state index in [1.807, 2.05) is 13.8 Å². The lowest BCUT2D eigenvalue weighted by molar-refractivity contribution is -0.151. The van der Waals surface area contributed by atoms with Crippen LogP contribution in [0.2, 0.25) is 0 Å². The van der Waals surface area contributed by atoms with Gasteiger partial charge in [0.1, 0.15) is 0 Å². The van der Waals surface area contributed by atoms with Gasteiger partial charge in [0.15, 0.2) is 0 Å². The molecule has 1 N–H and O–H groups in total. The van der Waals surface area contributed by atoms with E-state index in [2.05, 4.69) is 5.92 Å². The zero-order valence-corrected chi connectivity index (χ0v) is 7.92. The van der Waals surface area contributed by atoms with Crippen molar-refractivity contribution in [3.8, 4) is 12.3 Å². The van der Waals surface area contributed by atoms with Crippen LogP contribution >= 0.6 is 0 Å². The molecule has 0 rings (SSSR count). The third-order valence-electron chi connectivity index (χ3n) is 2.55. The van der Waals surface area contributed by atoms with E-state index in [0.717, 1.165) is 0 Å². The maximum Gasteiger partial charge on any atom is 0.309 e. The molecule has 0 aliphatic heterocycles. The molecule has 1 unspecified atom stereocenters. The Morgan fingerprint density at radius 2 is 2.17 bits per heavy atom. The SMILES string of the molecule is C#CCCC(C)(C(=O)O)C(C)C. The van der Waals surface area contributed by atoms with E-state index in [4.69, 9.17) is 11.5 Å². The van der Waals surface area contributed by atoms with Crippen molar-refractivity contribution in [3.05, 3.63) is 0 Å². The highest BCUT2D eigenvalue weighted by atomic mass is 16.4. The first-order chi connectivity index (χ1) is 5.45. The maximum atomic E-state index is 10.9. The summed E-state index contributed by atoms with van der Waals surface area (Å²) in [5.74, 6) is 1.83. The van der Waals surface area contributed by atoms with Crippen LogP contribution in [0.1, 0.15) is 33.6 Å². The summed E-state index contributed by atoms with van der Waals surface area (Å²) in [6, 6.07) is 0. The van der Waals surface area contributed by atoms with Crippen molar-refractivity contribution in [2.45, 2.75) is 33.6 Å². The normalized spacial score (nSPS) is 15.2. The molecule has 0 fully saturated rings. The molecule has 0 saturated carbocycles. The lowest BCUT2D eigenvalue weighted by Gasteiger charge is -2.28. The van der Waals surface area contributed by atoms with Crippen molar-refractivity contribution in [2.75, 3.05) is 0 Å². The molecule has 0 aliphatic rings. The Morgan fingerprint density at radius 1 is 1.67 bits per heavy atom. The second kappa shape index (κ2) is 4.15. The number of hydrogen-bond donors (Lipinski definition) is 1. The second-order valence-corrected chi connectivity index (χ2v) is 3.58. The Kier molecular flexibility index (Phi) is 3.82. The molecule has 0 aromatic heterocycles. The molecule has 0 aromatic carbocycles. The fourth-order valence-electron chi connectivity index (χ4n) is 0.974. The quantitative estimate of drug-likeness (QED) is 0.653. The van der Waals surface area contributed by atoms with Crippen molar-refractivity contribution in [3.63, 3.8) is 0 Å². The summed E-state index contributed by atoms with van der Waals surface area (Å²) in [6.45, 7) is 5.56. The van der Waals surface area contributed by atoms with Gasteiger partial charge in [-0.1, -0.05) is 13.8 Å². The molecule has 0 amide bonds. The summed E-state index contributed by atoms with van der Waals surface area (Å²) >= 11 is 0. The van der Waals surface area contributed by atoms with E-state index in [1.54, 1.807) is 6.92 Å². The predicted octanol–water partition coefficient (Wildman–Crippen LogP) is 2.15. The molecule has 0 heterocycles. The van der Waals surface area contributed by atoms with E-state index in [1.165, 1.54) is 0 Å². The van der Waals surface area contributed by atoms with Gasteiger partial charge >= 0.3 is 5.97 Å². The van der Waals surface area contributed by atoms with Crippen LogP contribution in [0.4, 0.5) is 0 Å². The highest BCUT2D eigenvalue weighted by molar-refractivity contribution is 5.74. The average molecular weight is 168 g/mol. The van der Waals surface area contributed by atoms with E-state index < -0.39 is 11.4 Å². The third-order valence-corrected chi connectivity index (χ3v) is 2.55. The summed E-state index contributed by atoms with van der Waals surface area (Å²) in [6.07, 6.45) is 6.17. The smallest absolute Gasteiger partial charge is 0.309 e. The highest BCUT2D eigenvalue weighted by Crippen LogP contribution is 2.32. The second-order valence-electron chi connectivity index (χ2n) is 3.58. The Hall–Kier alpha value is -0.970. The van der Waals surface area contributed by atoms with E-state index in [-0.39, 0.29) is 5.92 Å². The van der Waals surface area contributed by atoms with E-state index in [9.17, 15) is 4.79 Å². The van der Waals surface area contributed by atoms with Crippen LogP contribution in [-0.2, 0) is 4.79 Å². The molecule has 0 spiro atoms. The molecular formula is C10H16O2. The van der Waals surface area contributed by atoms with Crippen LogP contribution in [0, 0.1) is 23.7 Å². The molecule has 0 radical (unpaired) electrons. The minimum absolute atomic E-state index is 0.114. The van der Waals surface area contributed by atoms with Gasteiger partial charge in [-0.25, -0.2) is 0 Å². The van der Waals surface area contributed by atoms with Crippen molar-refractivity contribution in [2.24, 2.45) is 11.3 Å². The van der Waals surface area contributed by atoms with Crippen molar-refractivity contribution >= 4 is 5.97 Å². The van der Waals surface area contributed by atoms with Crippen LogP contribution in [0.25, 0.3) is 0 Å². The van der Waals surface area contributed by atoms with Gasteiger partial charge in [-0.15, -0.1) is 12.3 Å². The van der Waals surface area contributed by atoms with E-state index >= 15 is 0 Å². The van der Waals surface area contributed by atoms with Gasteiger partial charge in [-0.2, -0.15) is 0 Å². The molecule has 68 valence electrons. The highest BCUT2D eigenvalue weighted by Gasteiger charge is 2.35. The summed E-state index contributed by atoms with van der Waals surface area (Å²) in [4.78, 5) is 10.9. The standard InChI is InChI=1S/C10H16O2/c1-5-6-7-10(4,8(2)3)9(11)12/h1,8H,6-7H2,2-4H3,(H,11,12). The first-order valence-corrected chi connectivity index (χ1v) is 4.12. The minimum Gasteiger partial charge on any atom is -0.481 e. The van der Waals surface area contributed by atoms with E-state index in [0.29, 0.717) is 12.8 Å². The first-order valence-electron chi connectivity index (χ1n) is 4.12. The first kappa shape index (κ1) is 11.0. The Labute approximate surface area is 74.0 Å². The lowest BCUT2D eigenvalue weighted by atomic mass is 9.75. The van der Waals surface area contributed by atoms with Gasteiger partial charge in [0.05, 0.1) is 5.41 Å². The number of hydrogen-bond acceptors (Lipinski definition) is 1. The molecule has 12 heavy (non-hydrogen) atoms. The zero-order chi connectivity index (χ0) is 9.78. The van der Waals surface area contributed by atoms with Gasteiger partial charge < -0.3 is 5.11 Å². The average Bonchev–Trinajstić information content (AvgIpc) is 1.99. The molecule has 0 aromatic rings. The van der Waals surface area contributed by atoms with Gasteiger partial charge in [-0.05, 0) is 19.3 Å². The summed E-state index contributed by atoms with van der Waals surface area (Å²) in [7, 11) is 0. The number of aliphatic carboxylic acids is 1. The monoisotopic (exact) mass is 168 g/mol. The topological polar surface area (TPSA) is 37.3 Å².